The molecule has 0 bridgehead atoms. The van der Waals surface area contributed by atoms with Gasteiger partial charge in [0.1, 0.15) is 5.75 Å². The number of anilines is 1. The number of nitrogens with zero attached hydrogens (tertiary/aromatic N) is 5. The average molecular weight is 662 g/mol. The lowest BCUT2D eigenvalue weighted by atomic mass is 9.80. The van der Waals surface area contributed by atoms with Crippen molar-refractivity contribution in [2.24, 2.45) is 0 Å². The second-order valence-corrected chi connectivity index (χ2v) is 14.4. The number of ether oxygens (including phenoxy) is 1. The molecule has 3 aromatic rings. The standard InChI is InChI=1S/C34H36ClN5O5S/c1-37(2)32(41)30-7-6-18-39(30)34(28-19-24(10-15-31(28)45-3)22-38-16-4-5-17-38)27-20-25(35)11-14-29(27)40(33(34)42)46(43,44)26-12-8-23(21-36)9-13-26/h8-15,19-20,30H,4-7,16-18,22H2,1-3H3/t30?,34-/m0/s1. The summed E-state index contributed by atoms with van der Waals surface area (Å²) < 4.78 is 35.7. The molecule has 3 aromatic carbocycles. The molecule has 0 saturated carbocycles. The zero-order valence-corrected chi connectivity index (χ0v) is 27.6. The summed E-state index contributed by atoms with van der Waals surface area (Å²) in [5.74, 6) is -0.539. The molecule has 2 atom stereocenters. The van der Waals surface area contributed by atoms with Gasteiger partial charge in [-0.15, -0.1) is 0 Å². The molecule has 12 heteroatoms. The number of methoxy groups -OCH3 is 1. The van der Waals surface area contributed by atoms with Gasteiger partial charge in [-0.1, -0.05) is 17.7 Å². The predicted molar refractivity (Wildman–Crippen MR) is 174 cm³/mol. The number of sulfonamides is 1. The number of benzene rings is 3. The van der Waals surface area contributed by atoms with Crippen LogP contribution in [0.25, 0.3) is 0 Å². The number of likely N-dealkylation sites (N-methyl/N-ethyl adjacent to an activating group) is 1. The summed E-state index contributed by atoms with van der Waals surface area (Å²) in [7, 11) is 0.371. The summed E-state index contributed by atoms with van der Waals surface area (Å²) in [6.07, 6.45) is 3.33. The lowest BCUT2D eigenvalue weighted by Crippen LogP contribution is -2.59. The first-order valence-electron chi connectivity index (χ1n) is 15.3. The van der Waals surface area contributed by atoms with E-state index in [1.54, 1.807) is 26.2 Å². The van der Waals surface area contributed by atoms with E-state index in [1.807, 2.05) is 29.2 Å². The number of rotatable bonds is 8. The first kappa shape index (κ1) is 32.0. The zero-order valence-electron chi connectivity index (χ0n) is 26.1. The summed E-state index contributed by atoms with van der Waals surface area (Å²) in [6, 6.07) is 17.2. The number of nitriles is 1. The van der Waals surface area contributed by atoms with Crippen molar-refractivity contribution >= 4 is 39.1 Å². The van der Waals surface area contributed by atoms with Crippen LogP contribution in [0.2, 0.25) is 5.02 Å². The molecule has 0 N–H and O–H groups in total. The predicted octanol–water partition coefficient (Wildman–Crippen LogP) is 4.35. The van der Waals surface area contributed by atoms with E-state index in [2.05, 4.69) is 4.90 Å². The Balaban J connectivity index is 1.64. The van der Waals surface area contributed by atoms with Crippen LogP contribution < -0.4 is 9.04 Å². The maximum absolute atomic E-state index is 15.4. The summed E-state index contributed by atoms with van der Waals surface area (Å²) in [6.45, 7) is 2.93. The minimum atomic E-state index is -4.49. The molecule has 10 nitrogen and oxygen atoms in total. The van der Waals surface area contributed by atoms with Crippen LogP contribution in [0, 0.1) is 11.3 Å². The van der Waals surface area contributed by atoms with Crippen molar-refractivity contribution in [3.8, 4) is 11.8 Å². The number of carbonyl (C=O) groups excluding carboxylic acids is 2. The second kappa shape index (κ2) is 12.3. The lowest BCUT2D eigenvalue weighted by molar-refractivity contribution is -0.138. The third-order valence-electron chi connectivity index (χ3n) is 9.25. The van der Waals surface area contributed by atoms with Gasteiger partial charge in [-0.05, 0) is 98.9 Å². The Morgan fingerprint density at radius 3 is 2.39 bits per heavy atom. The fourth-order valence-electron chi connectivity index (χ4n) is 7.14. The molecule has 6 rings (SSSR count). The average Bonchev–Trinajstić information content (AvgIpc) is 3.80. The third-order valence-corrected chi connectivity index (χ3v) is 11.2. The van der Waals surface area contributed by atoms with E-state index in [9.17, 15) is 18.5 Å². The molecule has 0 radical (unpaired) electrons. The van der Waals surface area contributed by atoms with Gasteiger partial charge in [0, 0.05) is 43.3 Å². The Morgan fingerprint density at radius 1 is 1.02 bits per heavy atom. The second-order valence-electron chi connectivity index (χ2n) is 12.2. The molecule has 2 amide bonds. The molecule has 1 unspecified atom stereocenters. The first-order chi connectivity index (χ1) is 22.0. The number of likely N-dealkylation sites (tertiary alicyclic amines) is 2. The third kappa shape index (κ3) is 5.14. The molecular formula is C34H36ClN5O5S. The van der Waals surface area contributed by atoms with Crippen LogP contribution in [0.1, 0.15) is 47.9 Å². The Labute approximate surface area is 274 Å². The molecular weight excluding hydrogens is 626 g/mol. The Hall–Kier alpha value is -3.95. The molecule has 0 aliphatic carbocycles. The first-order valence-corrected chi connectivity index (χ1v) is 17.1. The molecule has 240 valence electrons. The maximum Gasteiger partial charge on any atom is 0.271 e. The lowest BCUT2D eigenvalue weighted by Gasteiger charge is -2.42. The highest BCUT2D eigenvalue weighted by Crippen LogP contribution is 2.55. The van der Waals surface area contributed by atoms with Crippen LogP contribution in [0.5, 0.6) is 5.75 Å². The molecule has 2 fully saturated rings. The number of hydrogen-bond acceptors (Lipinski definition) is 8. The van der Waals surface area contributed by atoms with Gasteiger partial charge in [-0.25, -0.2) is 12.7 Å². The van der Waals surface area contributed by atoms with Gasteiger partial charge in [-0.2, -0.15) is 5.26 Å². The van der Waals surface area contributed by atoms with Crippen molar-refractivity contribution in [2.45, 2.75) is 48.7 Å². The summed E-state index contributed by atoms with van der Waals surface area (Å²) >= 11 is 6.63. The molecule has 3 heterocycles. The van der Waals surface area contributed by atoms with Crippen LogP contribution in [-0.4, -0.2) is 81.8 Å². The summed E-state index contributed by atoms with van der Waals surface area (Å²) in [5.41, 5.74) is 0.424. The topological polar surface area (TPSA) is 114 Å². The number of fused-ring (bicyclic) bond motifs is 1. The highest BCUT2D eigenvalue weighted by atomic mass is 35.5. The van der Waals surface area contributed by atoms with Crippen LogP contribution in [0.4, 0.5) is 5.69 Å². The van der Waals surface area contributed by atoms with Gasteiger partial charge < -0.3 is 9.64 Å². The van der Waals surface area contributed by atoms with Crippen molar-refractivity contribution < 1.29 is 22.7 Å². The van der Waals surface area contributed by atoms with Crippen LogP contribution in [0.3, 0.4) is 0 Å². The summed E-state index contributed by atoms with van der Waals surface area (Å²) in [5, 5.41) is 9.61. The Kier molecular flexibility index (Phi) is 8.59. The zero-order chi connectivity index (χ0) is 32.8. The fraction of sp³-hybridized carbons (Fsp3) is 0.382. The molecule has 46 heavy (non-hydrogen) atoms. The maximum atomic E-state index is 15.4. The van der Waals surface area contributed by atoms with E-state index < -0.39 is 27.5 Å². The van der Waals surface area contributed by atoms with Crippen LogP contribution >= 0.6 is 11.6 Å². The van der Waals surface area contributed by atoms with E-state index >= 15 is 4.79 Å². The molecule has 0 spiro atoms. The van der Waals surface area contributed by atoms with Crippen LogP contribution in [-0.2, 0) is 31.7 Å². The van der Waals surface area contributed by atoms with Crippen molar-refractivity contribution in [1.82, 2.24) is 14.7 Å². The minimum absolute atomic E-state index is 0.145. The minimum Gasteiger partial charge on any atom is -0.496 e. The largest absolute Gasteiger partial charge is 0.496 e. The number of halogens is 1. The smallest absolute Gasteiger partial charge is 0.271 e. The molecule has 2 saturated heterocycles. The highest BCUT2D eigenvalue weighted by molar-refractivity contribution is 7.93. The van der Waals surface area contributed by atoms with Crippen molar-refractivity contribution in [1.29, 1.82) is 5.26 Å². The number of carbonyl (C=O) groups is 2. The normalized spacial score (nSPS) is 21.8. The van der Waals surface area contributed by atoms with Gasteiger partial charge in [0.2, 0.25) is 5.91 Å². The monoisotopic (exact) mass is 661 g/mol. The SMILES string of the molecule is COc1ccc(CN2CCCC2)cc1[C@]1(N2CCCC2C(=O)N(C)C)C(=O)N(S(=O)(=O)c2ccc(C#N)cc2)c2ccc(Cl)cc21. The summed E-state index contributed by atoms with van der Waals surface area (Å²) in [4.78, 5) is 34.7. The quantitative estimate of drug-likeness (QED) is 0.350. The number of amides is 2. The van der Waals surface area contributed by atoms with Crippen molar-refractivity contribution in [3.05, 3.63) is 87.9 Å². The van der Waals surface area contributed by atoms with Gasteiger partial charge in [-0.3, -0.25) is 19.4 Å². The fourth-order valence-corrected chi connectivity index (χ4v) is 8.77. The highest BCUT2D eigenvalue weighted by Gasteiger charge is 2.63. The van der Waals surface area contributed by atoms with Gasteiger partial charge in [0.25, 0.3) is 15.9 Å². The Morgan fingerprint density at radius 2 is 1.74 bits per heavy atom. The van der Waals surface area contributed by atoms with Crippen molar-refractivity contribution in [2.75, 3.05) is 45.1 Å². The van der Waals surface area contributed by atoms with Gasteiger partial charge in [0.05, 0.1) is 35.4 Å². The number of hydrogen-bond donors (Lipinski definition) is 0. The van der Waals surface area contributed by atoms with Gasteiger partial charge in [0.15, 0.2) is 5.54 Å². The van der Waals surface area contributed by atoms with Crippen LogP contribution in [0.15, 0.2) is 65.6 Å². The van der Waals surface area contributed by atoms with Gasteiger partial charge >= 0.3 is 0 Å². The van der Waals surface area contributed by atoms with E-state index in [4.69, 9.17) is 16.3 Å². The van der Waals surface area contributed by atoms with E-state index in [0.29, 0.717) is 47.8 Å². The van der Waals surface area contributed by atoms with Crippen molar-refractivity contribution in [3.63, 3.8) is 0 Å². The van der Waals surface area contributed by atoms with E-state index in [-0.39, 0.29) is 22.1 Å². The molecule has 0 aromatic heterocycles. The molecule has 3 aliphatic heterocycles. The Bertz CT molecular complexity index is 1840. The van der Waals surface area contributed by atoms with E-state index in [0.717, 1.165) is 35.8 Å². The van der Waals surface area contributed by atoms with E-state index in [1.165, 1.54) is 42.3 Å². The molecule has 3 aliphatic rings.